The van der Waals surface area contributed by atoms with E-state index in [0.29, 0.717) is 11.0 Å². The van der Waals surface area contributed by atoms with Gasteiger partial charge in [-0.05, 0) is 43.9 Å². The molecule has 1 aromatic rings. The minimum Gasteiger partial charge on any atom is -0.336 e. The zero-order valence-corrected chi connectivity index (χ0v) is 15.0. The van der Waals surface area contributed by atoms with E-state index >= 15 is 0 Å². The fourth-order valence-electron chi connectivity index (χ4n) is 2.72. The molecule has 4 nitrogen and oxygen atoms in total. The maximum atomic E-state index is 12.1. The Bertz CT molecular complexity index is 568. The van der Waals surface area contributed by atoms with Gasteiger partial charge in [0.25, 0.3) is 0 Å². The Kier molecular flexibility index (Phi) is 6.51. The summed E-state index contributed by atoms with van der Waals surface area (Å²) < 4.78 is 0. The molecular formula is C18H26N2O2S. The predicted molar refractivity (Wildman–Crippen MR) is 96.9 cm³/mol. The Morgan fingerprint density at radius 1 is 1.26 bits per heavy atom. The van der Waals surface area contributed by atoms with Gasteiger partial charge >= 0.3 is 0 Å². The number of amides is 2. The van der Waals surface area contributed by atoms with Crippen LogP contribution < -0.4 is 5.32 Å². The third-order valence-electron chi connectivity index (χ3n) is 4.22. The van der Waals surface area contributed by atoms with Crippen molar-refractivity contribution in [3.05, 3.63) is 29.3 Å². The van der Waals surface area contributed by atoms with Crippen LogP contribution in [-0.4, -0.2) is 41.3 Å². The summed E-state index contributed by atoms with van der Waals surface area (Å²) in [5.74, 6) is 0.344. The molecule has 1 saturated carbocycles. The van der Waals surface area contributed by atoms with Gasteiger partial charge in [0.15, 0.2) is 0 Å². The highest BCUT2D eigenvalue weighted by molar-refractivity contribution is 8.00. The van der Waals surface area contributed by atoms with Crippen LogP contribution in [0.3, 0.4) is 0 Å². The molecule has 5 heteroatoms. The van der Waals surface area contributed by atoms with Gasteiger partial charge in [-0.3, -0.25) is 9.59 Å². The first-order chi connectivity index (χ1) is 11.0. The molecule has 0 heterocycles. The van der Waals surface area contributed by atoms with Gasteiger partial charge in [-0.25, -0.2) is 0 Å². The van der Waals surface area contributed by atoms with Crippen molar-refractivity contribution in [3.8, 4) is 0 Å². The molecule has 2 amide bonds. The summed E-state index contributed by atoms with van der Waals surface area (Å²) in [7, 11) is 1.69. The number of benzene rings is 1. The van der Waals surface area contributed by atoms with Crippen molar-refractivity contribution in [1.29, 1.82) is 0 Å². The molecule has 0 spiro atoms. The highest BCUT2D eigenvalue weighted by Crippen LogP contribution is 2.29. The van der Waals surface area contributed by atoms with Gasteiger partial charge in [0.05, 0.1) is 12.3 Å². The average molecular weight is 334 g/mol. The smallest absolute Gasteiger partial charge is 0.243 e. The standard InChI is InChI=1S/C18H26N2O2S/c1-13-8-9-14(2)16(10-13)19-17(21)11-20(3)18(22)12-23-15-6-4-5-7-15/h8-10,15H,4-7,11-12H2,1-3H3,(H,19,21). The zero-order valence-electron chi connectivity index (χ0n) is 14.2. The Morgan fingerprint density at radius 2 is 1.96 bits per heavy atom. The van der Waals surface area contributed by atoms with E-state index in [4.69, 9.17) is 0 Å². The molecule has 0 unspecified atom stereocenters. The molecular weight excluding hydrogens is 308 g/mol. The molecule has 1 N–H and O–H groups in total. The number of likely N-dealkylation sites (N-methyl/N-ethyl adjacent to an activating group) is 1. The quantitative estimate of drug-likeness (QED) is 0.868. The third kappa shape index (κ3) is 5.57. The number of rotatable bonds is 6. The van der Waals surface area contributed by atoms with Crippen LogP contribution in [-0.2, 0) is 9.59 Å². The SMILES string of the molecule is Cc1ccc(C)c(NC(=O)CN(C)C(=O)CSC2CCCC2)c1. The van der Waals surface area contributed by atoms with Crippen LogP contribution in [0.4, 0.5) is 5.69 Å². The van der Waals surface area contributed by atoms with Gasteiger partial charge in [0, 0.05) is 18.0 Å². The fourth-order valence-corrected chi connectivity index (χ4v) is 3.98. The van der Waals surface area contributed by atoms with Gasteiger partial charge in [-0.2, -0.15) is 0 Å². The molecule has 0 aromatic heterocycles. The van der Waals surface area contributed by atoms with E-state index in [1.807, 2.05) is 32.0 Å². The van der Waals surface area contributed by atoms with Crippen molar-refractivity contribution in [2.75, 3.05) is 24.7 Å². The fraction of sp³-hybridized carbons (Fsp3) is 0.556. The van der Waals surface area contributed by atoms with Crippen LogP contribution >= 0.6 is 11.8 Å². The molecule has 1 aliphatic rings. The number of nitrogens with one attached hydrogen (secondary N) is 1. The summed E-state index contributed by atoms with van der Waals surface area (Å²) in [6, 6.07) is 5.95. The van der Waals surface area contributed by atoms with E-state index < -0.39 is 0 Å². The van der Waals surface area contributed by atoms with Crippen LogP contribution in [0.5, 0.6) is 0 Å². The lowest BCUT2D eigenvalue weighted by Gasteiger charge is -2.18. The molecule has 0 saturated heterocycles. The van der Waals surface area contributed by atoms with Gasteiger partial charge in [-0.1, -0.05) is 25.0 Å². The highest BCUT2D eigenvalue weighted by atomic mass is 32.2. The third-order valence-corrected chi connectivity index (χ3v) is 5.57. The maximum Gasteiger partial charge on any atom is 0.243 e. The first-order valence-corrected chi connectivity index (χ1v) is 9.23. The molecule has 1 aliphatic carbocycles. The number of nitrogens with zero attached hydrogens (tertiary/aromatic N) is 1. The van der Waals surface area contributed by atoms with Gasteiger partial charge < -0.3 is 10.2 Å². The summed E-state index contributed by atoms with van der Waals surface area (Å²) in [5, 5.41) is 3.52. The van der Waals surface area contributed by atoms with Crippen molar-refractivity contribution in [2.24, 2.45) is 0 Å². The van der Waals surface area contributed by atoms with Crippen LogP contribution in [0, 0.1) is 13.8 Å². The van der Waals surface area contributed by atoms with E-state index in [1.165, 1.54) is 30.6 Å². The molecule has 0 radical (unpaired) electrons. The monoisotopic (exact) mass is 334 g/mol. The number of thioether (sulfide) groups is 1. The second kappa shape index (κ2) is 8.39. The maximum absolute atomic E-state index is 12.1. The summed E-state index contributed by atoms with van der Waals surface area (Å²) >= 11 is 1.73. The van der Waals surface area contributed by atoms with E-state index in [0.717, 1.165) is 16.8 Å². The van der Waals surface area contributed by atoms with Gasteiger partial charge in [-0.15, -0.1) is 11.8 Å². The van der Waals surface area contributed by atoms with E-state index in [1.54, 1.807) is 18.8 Å². The Morgan fingerprint density at radius 3 is 2.65 bits per heavy atom. The number of carbonyl (C=O) groups is 2. The summed E-state index contributed by atoms with van der Waals surface area (Å²) in [6.45, 7) is 4.05. The number of anilines is 1. The van der Waals surface area contributed by atoms with Gasteiger partial charge in [0.2, 0.25) is 11.8 Å². The summed E-state index contributed by atoms with van der Waals surface area (Å²) in [5.41, 5.74) is 2.94. The first kappa shape index (κ1) is 17.9. The van der Waals surface area contributed by atoms with E-state index in [-0.39, 0.29) is 18.4 Å². The van der Waals surface area contributed by atoms with Crippen LogP contribution in [0.25, 0.3) is 0 Å². The number of aryl methyl sites for hydroxylation is 2. The molecule has 1 aromatic carbocycles. The Balaban J connectivity index is 1.79. The van der Waals surface area contributed by atoms with Crippen LogP contribution in [0.1, 0.15) is 36.8 Å². The average Bonchev–Trinajstić information content (AvgIpc) is 3.01. The molecule has 0 bridgehead atoms. The largest absolute Gasteiger partial charge is 0.336 e. The Labute approximate surface area is 143 Å². The van der Waals surface area contributed by atoms with Gasteiger partial charge in [0.1, 0.15) is 0 Å². The Hall–Kier alpha value is -1.49. The summed E-state index contributed by atoms with van der Waals surface area (Å²) in [4.78, 5) is 25.8. The van der Waals surface area contributed by atoms with Crippen molar-refractivity contribution in [3.63, 3.8) is 0 Å². The van der Waals surface area contributed by atoms with Crippen LogP contribution in [0.2, 0.25) is 0 Å². The van der Waals surface area contributed by atoms with E-state index in [2.05, 4.69) is 5.32 Å². The van der Waals surface area contributed by atoms with Crippen LogP contribution in [0.15, 0.2) is 18.2 Å². The molecule has 2 rings (SSSR count). The molecule has 1 fully saturated rings. The molecule has 0 aliphatic heterocycles. The predicted octanol–water partition coefficient (Wildman–Crippen LogP) is 3.38. The second-order valence-electron chi connectivity index (χ2n) is 6.33. The minimum absolute atomic E-state index is 0.0259. The number of carbonyl (C=O) groups excluding carboxylic acids is 2. The van der Waals surface area contributed by atoms with E-state index in [9.17, 15) is 9.59 Å². The minimum atomic E-state index is -0.152. The lowest BCUT2D eigenvalue weighted by atomic mass is 10.1. The lowest BCUT2D eigenvalue weighted by molar-refractivity contribution is -0.131. The number of hydrogen-bond acceptors (Lipinski definition) is 3. The molecule has 126 valence electrons. The topological polar surface area (TPSA) is 49.4 Å². The van der Waals surface area contributed by atoms with Crippen molar-refractivity contribution >= 4 is 29.3 Å². The molecule has 0 atom stereocenters. The zero-order chi connectivity index (χ0) is 16.8. The van der Waals surface area contributed by atoms with Crippen molar-refractivity contribution < 1.29 is 9.59 Å². The second-order valence-corrected chi connectivity index (χ2v) is 7.62. The lowest BCUT2D eigenvalue weighted by Crippen LogP contribution is -2.36. The van der Waals surface area contributed by atoms with Crippen molar-refractivity contribution in [2.45, 2.75) is 44.8 Å². The summed E-state index contributed by atoms with van der Waals surface area (Å²) in [6.07, 6.45) is 4.99. The number of hydrogen-bond donors (Lipinski definition) is 1. The molecule has 23 heavy (non-hydrogen) atoms. The van der Waals surface area contributed by atoms with Crippen molar-refractivity contribution in [1.82, 2.24) is 4.90 Å². The normalized spacial score (nSPS) is 14.7. The highest BCUT2D eigenvalue weighted by Gasteiger charge is 2.19. The first-order valence-electron chi connectivity index (χ1n) is 8.18.